The molecular formula is C11H8O3S. The number of thiophene rings is 1. The summed E-state index contributed by atoms with van der Waals surface area (Å²) in [7, 11) is 0. The summed E-state index contributed by atoms with van der Waals surface area (Å²) in [6.45, 7) is 0. The molecule has 1 aromatic heterocycles. The summed E-state index contributed by atoms with van der Waals surface area (Å²) in [5.41, 5.74) is 0.908. The van der Waals surface area contributed by atoms with Crippen LogP contribution in [0.3, 0.4) is 0 Å². The largest absolute Gasteiger partial charge is 0.506 e. The van der Waals surface area contributed by atoms with Crippen LogP contribution in [0.1, 0.15) is 9.67 Å². The molecule has 2 N–H and O–H groups in total. The highest BCUT2D eigenvalue weighted by Gasteiger charge is 2.15. The van der Waals surface area contributed by atoms with Crippen molar-refractivity contribution < 1.29 is 15.0 Å². The van der Waals surface area contributed by atoms with Crippen LogP contribution >= 0.6 is 11.3 Å². The smallest absolute Gasteiger partial charge is 0.349 e. The van der Waals surface area contributed by atoms with Crippen LogP contribution in [0.2, 0.25) is 0 Å². The van der Waals surface area contributed by atoms with Gasteiger partial charge in [0.25, 0.3) is 0 Å². The maximum absolute atomic E-state index is 10.7. The normalized spacial score (nSPS) is 10.1. The zero-order chi connectivity index (χ0) is 10.8. The number of rotatable bonds is 2. The van der Waals surface area contributed by atoms with Gasteiger partial charge in [-0.25, -0.2) is 4.79 Å². The minimum absolute atomic E-state index is 0.0196. The van der Waals surface area contributed by atoms with Crippen LogP contribution in [0.15, 0.2) is 36.4 Å². The van der Waals surface area contributed by atoms with Crippen molar-refractivity contribution in [1.29, 1.82) is 0 Å². The molecule has 0 unspecified atom stereocenters. The van der Waals surface area contributed by atoms with Gasteiger partial charge in [-0.15, -0.1) is 11.3 Å². The van der Waals surface area contributed by atoms with Crippen LogP contribution in [0.25, 0.3) is 10.4 Å². The third kappa shape index (κ3) is 1.85. The summed E-state index contributed by atoms with van der Waals surface area (Å²) in [4.78, 5) is 11.5. The molecule has 0 saturated carbocycles. The highest BCUT2D eigenvalue weighted by molar-refractivity contribution is 7.17. The zero-order valence-corrected chi connectivity index (χ0v) is 8.49. The highest BCUT2D eigenvalue weighted by Crippen LogP contribution is 2.35. The number of carboxylic acid groups (broad SMARTS) is 1. The standard InChI is InChI=1S/C11H8O3S/c12-8-6-9(15-10(8)11(13)14)7-4-2-1-3-5-7/h1-6,12H,(H,13,14). The van der Waals surface area contributed by atoms with Gasteiger partial charge in [-0.2, -0.15) is 0 Å². The number of carboxylic acids is 1. The van der Waals surface area contributed by atoms with Crippen molar-refractivity contribution in [3.63, 3.8) is 0 Å². The van der Waals surface area contributed by atoms with Gasteiger partial charge in [0.1, 0.15) is 5.75 Å². The molecule has 0 spiro atoms. The van der Waals surface area contributed by atoms with Gasteiger partial charge in [-0.05, 0) is 11.6 Å². The lowest BCUT2D eigenvalue weighted by molar-refractivity contribution is 0.0699. The lowest BCUT2D eigenvalue weighted by atomic mass is 10.2. The first-order valence-electron chi connectivity index (χ1n) is 4.30. The summed E-state index contributed by atoms with van der Waals surface area (Å²) >= 11 is 1.07. The van der Waals surface area contributed by atoms with E-state index in [1.807, 2.05) is 30.3 Å². The number of benzene rings is 1. The Morgan fingerprint density at radius 1 is 1.20 bits per heavy atom. The lowest BCUT2D eigenvalue weighted by Gasteiger charge is -1.93. The number of hydrogen-bond donors (Lipinski definition) is 2. The minimum Gasteiger partial charge on any atom is -0.506 e. The van der Waals surface area contributed by atoms with Crippen LogP contribution in [0.5, 0.6) is 5.75 Å². The van der Waals surface area contributed by atoms with Gasteiger partial charge in [0.2, 0.25) is 0 Å². The molecule has 0 aliphatic carbocycles. The molecule has 1 aromatic carbocycles. The molecule has 2 aromatic rings. The molecule has 2 rings (SSSR count). The van der Waals surface area contributed by atoms with E-state index in [1.165, 1.54) is 6.07 Å². The predicted molar refractivity (Wildman–Crippen MR) is 58.4 cm³/mol. The monoisotopic (exact) mass is 220 g/mol. The Balaban J connectivity index is 2.48. The van der Waals surface area contributed by atoms with Crippen LogP contribution in [0.4, 0.5) is 0 Å². The third-order valence-electron chi connectivity index (χ3n) is 1.97. The van der Waals surface area contributed by atoms with Gasteiger partial charge in [0, 0.05) is 4.88 Å². The van der Waals surface area contributed by atoms with E-state index in [1.54, 1.807) is 0 Å². The number of aromatic carboxylic acids is 1. The second-order valence-corrected chi connectivity index (χ2v) is 4.05. The van der Waals surface area contributed by atoms with E-state index in [0.29, 0.717) is 0 Å². The van der Waals surface area contributed by atoms with E-state index < -0.39 is 5.97 Å². The number of hydrogen-bond acceptors (Lipinski definition) is 3. The Hall–Kier alpha value is -1.81. The fourth-order valence-corrected chi connectivity index (χ4v) is 2.17. The molecule has 0 bridgehead atoms. The average molecular weight is 220 g/mol. The first-order valence-corrected chi connectivity index (χ1v) is 5.11. The zero-order valence-electron chi connectivity index (χ0n) is 7.68. The van der Waals surface area contributed by atoms with E-state index in [0.717, 1.165) is 21.8 Å². The van der Waals surface area contributed by atoms with E-state index >= 15 is 0 Å². The molecule has 0 aliphatic heterocycles. The van der Waals surface area contributed by atoms with Gasteiger partial charge in [0.05, 0.1) is 0 Å². The number of carbonyl (C=O) groups is 1. The molecule has 0 fully saturated rings. The van der Waals surface area contributed by atoms with Gasteiger partial charge in [-0.3, -0.25) is 0 Å². The summed E-state index contributed by atoms with van der Waals surface area (Å²) in [5.74, 6) is -1.27. The van der Waals surface area contributed by atoms with Crippen LogP contribution in [0, 0.1) is 0 Å². The Morgan fingerprint density at radius 3 is 2.40 bits per heavy atom. The number of aromatic hydroxyl groups is 1. The van der Waals surface area contributed by atoms with E-state index in [2.05, 4.69) is 0 Å². The fourth-order valence-electron chi connectivity index (χ4n) is 1.28. The minimum atomic E-state index is -1.10. The van der Waals surface area contributed by atoms with Crippen LogP contribution in [-0.2, 0) is 0 Å². The Bertz CT molecular complexity index is 488. The lowest BCUT2D eigenvalue weighted by Crippen LogP contribution is -1.90. The van der Waals surface area contributed by atoms with E-state index in [-0.39, 0.29) is 10.6 Å². The van der Waals surface area contributed by atoms with Crippen molar-refractivity contribution in [2.75, 3.05) is 0 Å². The van der Waals surface area contributed by atoms with Gasteiger partial charge in [-0.1, -0.05) is 30.3 Å². The van der Waals surface area contributed by atoms with E-state index in [9.17, 15) is 9.90 Å². The van der Waals surface area contributed by atoms with Crippen molar-refractivity contribution in [3.8, 4) is 16.2 Å². The van der Waals surface area contributed by atoms with Gasteiger partial charge in [0.15, 0.2) is 4.88 Å². The molecule has 0 saturated heterocycles. The molecule has 15 heavy (non-hydrogen) atoms. The molecule has 76 valence electrons. The predicted octanol–water partition coefficient (Wildman–Crippen LogP) is 2.82. The Morgan fingerprint density at radius 2 is 1.87 bits per heavy atom. The Labute approximate surface area is 90.2 Å². The maximum atomic E-state index is 10.7. The quantitative estimate of drug-likeness (QED) is 0.818. The third-order valence-corrected chi connectivity index (χ3v) is 3.13. The van der Waals surface area contributed by atoms with Crippen LogP contribution < -0.4 is 0 Å². The molecule has 1 heterocycles. The van der Waals surface area contributed by atoms with Gasteiger partial charge < -0.3 is 10.2 Å². The van der Waals surface area contributed by atoms with Crippen molar-refractivity contribution >= 4 is 17.3 Å². The molecular weight excluding hydrogens is 212 g/mol. The first kappa shape index (κ1) is 9.73. The molecule has 0 atom stereocenters. The Kier molecular flexibility index (Phi) is 2.43. The van der Waals surface area contributed by atoms with Crippen molar-refractivity contribution in [1.82, 2.24) is 0 Å². The maximum Gasteiger partial charge on any atom is 0.349 e. The second kappa shape index (κ2) is 3.74. The van der Waals surface area contributed by atoms with E-state index in [4.69, 9.17) is 5.11 Å². The molecule has 4 heteroatoms. The molecule has 3 nitrogen and oxygen atoms in total. The molecule has 0 radical (unpaired) electrons. The summed E-state index contributed by atoms with van der Waals surface area (Å²) in [6.07, 6.45) is 0. The SMILES string of the molecule is O=C(O)c1sc(-c2ccccc2)cc1O. The fraction of sp³-hybridized carbons (Fsp3) is 0. The highest BCUT2D eigenvalue weighted by atomic mass is 32.1. The van der Waals surface area contributed by atoms with Crippen molar-refractivity contribution in [3.05, 3.63) is 41.3 Å². The summed E-state index contributed by atoms with van der Waals surface area (Å²) in [6, 6.07) is 10.8. The van der Waals surface area contributed by atoms with Gasteiger partial charge >= 0.3 is 5.97 Å². The van der Waals surface area contributed by atoms with Crippen molar-refractivity contribution in [2.24, 2.45) is 0 Å². The van der Waals surface area contributed by atoms with Crippen LogP contribution in [-0.4, -0.2) is 16.2 Å². The summed E-state index contributed by atoms with van der Waals surface area (Å²) in [5, 5.41) is 18.2. The average Bonchev–Trinajstić information content (AvgIpc) is 2.62. The molecule has 0 amide bonds. The summed E-state index contributed by atoms with van der Waals surface area (Å²) < 4.78 is 0. The molecule has 0 aliphatic rings. The van der Waals surface area contributed by atoms with Crippen molar-refractivity contribution in [2.45, 2.75) is 0 Å². The first-order chi connectivity index (χ1) is 7.18. The topological polar surface area (TPSA) is 57.5 Å². The second-order valence-electron chi connectivity index (χ2n) is 3.00.